The van der Waals surface area contributed by atoms with Gasteiger partial charge in [-0.05, 0) is 45.2 Å². The first kappa shape index (κ1) is 18.7. The minimum atomic E-state index is -0.434. The van der Waals surface area contributed by atoms with E-state index in [1.54, 1.807) is 0 Å². The molecule has 5 nitrogen and oxygen atoms in total. The van der Waals surface area contributed by atoms with Crippen molar-refractivity contribution in [3.8, 4) is 0 Å². The first-order chi connectivity index (χ1) is 11.5. The second-order valence-corrected chi connectivity index (χ2v) is 6.99. The summed E-state index contributed by atoms with van der Waals surface area (Å²) >= 11 is 0. The Morgan fingerprint density at radius 1 is 1.29 bits per heavy atom. The molecule has 1 aliphatic heterocycles. The third-order valence-electron chi connectivity index (χ3n) is 5.04. The van der Waals surface area contributed by atoms with Crippen LogP contribution in [0.5, 0.6) is 0 Å². The summed E-state index contributed by atoms with van der Waals surface area (Å²) < 4.78 is 0. The molecule has 2 N–H and O–H groups in total. The summed E-state index contributed by atoms with van der Waals surface area (Å²) in [5.74, 6) is 0.225. The van der Waals surface area contributed by atoms with Crippen molar-refractivity contribution < 1.29 is 9.90 Å². The molecule has 2 amide bonds. The number of amides is 2. The number of nitrogens with one attached hydrogen (secondary N) is 1. The minimum absolute atomic E-state index is 0.0137. The van der Waals surface area contributed by atoms with E-state index < -0.39 is 6.10 Å². The fourth-order valence-corrected chi connectivity index (χ4v) is 3.05. The van der Waals surface area contributed by atoms with Gasteiger partial charge in [0.1, 0.15) is 0 Å². The molecule has 0 radical (unpaired) electrons. The van der Waals surface area contributed by atoms with Crippen LogP contribution in [0.2, 0.25) is 0 Å². The molecule has 0 spiro atoms. The smallest absolute Gasteiger partial charge is 0.317 e. The van der Waals surface area contributed by atoms with Gasteiger partial charge >= 0.3 is 6.03 Å². The fraction of sp³-hybridized carbons (Fsp3) is 0.632. The van der Waals surface area contributed by atoms with Gasteiger partial charge < -0.3 is 20.2 Å². The molecule has 0 saturated carbocycles. The highest BCUT2D eigenvalue weighted by atomic mass is 16.3. The van der Waals surface area contributed by atoms with E-state index in [1.807, 2.05) is 35.2 Å². The predicted octanol–water partition coefficient (Wildman–Crippen LogP) is 2.48. The van der Waals surface area contributed by atoms with E-state index in [0.717, 1.165) is 24.9 Å². The van der Waals surface area contributed by atoms with Crippen LogP contribution in [0.1, 0.15) is 38.4 Å². The molecular weight excluding hydrogens is 302 g/mol. The van der Waals surface area contributed by atoms with Crippen molar-refractivity contribution in [2.75, 3.05) is 33.2 Å². The molecule has 1 aromatic rings. The Balaban J connectivity index is 1.73. The van der Waals surface area contributed by atoms with Crippen molar-refractivity contribution in [2.45, 2.75) is 38.8 Å². The Labute approximate surface area is 145 Å². The molecule has 1 heterocycles. The molecule has 134 valence electrons. The Morgan fingerprint density at radius 3 is 2.50 bits per heavy atom. The fourth-order valence-electron chi connectivity index (χ4n) is 3.05. The average molecular weight is 333 g/mol. The van der Waals surface area contributed by atoms with Gasteiger partial charge in [0.2, 0.25) is 0 Å². The second kappa shape index (κ2) is 9.04. The van der Waals surface area contributed by atoms with Gasteiger partial charge in [-0.2, -0.15) is 0 Å². The zero-order chi connectivity index (χ0) is 17.5. The number of nitrogens with zero attached hydrogens (tertiary/aromatic N) is 2. The van der Waals surface area contributed by atoms with Crippen molar-refractivity contribution in [3.63, 3.8) is 0 Å². The maximum absolute atomic E-state index is 12.2. The van der Waals surface area contributed by atoms with Crippen molar-refractivity contribution in [3.05, 3.63) is 35.9 Å². The molecule has 1 unspecified atom stereocenters. The monoisotopic (exact) mass is 333 g/mol. The molecule has 0 aliphatic carbocycles. The number of piperidine rings is 1. The summed E-state index contributed by atoms with van der Waals surface area (Å²) in [4.78, 5) is 16.3. The molecule has 1 fully saturated rings. The molecule has 1 aliphatic rings. The number of carbonyl (C=O) groups excluding carboxylic acids is 1. The number of likely N-dealkylation sites (N-methyl/N-ethyl adjacent to an activating group) is 1. The highest BCUT2D eigenvalue weighted by molar-refractivity contribution is 5.74. The number of hydrogen-bond donors (Lipinski definition) is 2. The van der Waals surface area contributed by atoms with Crippen LogP contribution in [0.4, 0.5) is 4.79 Å². The van der Waals surface area contributed by atoms with E-state index in [9.17, 15) is 9.90 Å². The van der Waals surface area contributed by atoms with E-state index in [4.69, 9.17) is 0 Å². The van der Waals surface area contributed by atoms with Crippen molar-refractivity contribution in [1.29, 1.82) is 0 Å². The largest absolute Gasteiger partial charge is 0.388 e. The zero-order valence-corrected chi connectivity index (χ0v) is 15.1. The summed E-state index contributed by atoms with van der Waals surface area (Å²) in [5, 5.41) is 13.5. The van der Waals surface area contributed by atoms with Gasteiger partial charge in [0.15, 0.2) is 0 Å². The summed E-state index contributed by atoms with van der Waals surface area (Å²) in [7, 11) is 2.06. The van der Waals surface area contributed by atoms with Crippen LogP contribution in [-0.4, -0.2) is 60.2 Å². The average Bonchev–Trinajstić information content (AvgIpc) is 2.61. The van der Waals surface area contributed by atoms with Gasteiger partial charge in [0.25, 0.3) is 0 Å². The molecule has 0 bridgehead atoms. The van der Waals surface area contributed by atoms with Crippen LogP contribution in [0.25, 0.3) is 0 Å². The first-order valence-corrected chi connectivity index (χ1v) is 8.95. The topological polar surface area (TPSA) is 55.8 Å². The first-order valence-electron chi connectivity index (χ1n) is 8.95. The summed E-state index contributed by atoms with van der Waals surface area (Å²) in [6, 6.07) is 10.3. The highest BCUT2D eigenvalue weighted by Gasteiger charge is 2.28. The number of carbonyl (C=O) groups is 1. The molecule has 1 aromatic carbocycles. The van der Waals surface area contributed by atoms with Crippen LogP contribution < -0.4 is 5.32 Å². The summed E-state index contributed by atoms with van der Waals surface area (Å²) in [5.41, 5.74) is 0.970. The van der Waals surface area contributed by atoms with Gasteiger partial charge in [-0.25, -0.2) is 4.79 Å². The molecule has 2 rings (SSSR count). The molecule has 1 saturated heterocycles. The van der Waals surface area contributed by atoms with E-state index >= 15 is 0 Å². The van der Waals surface area contributed by atoms with Crippen LogP contribution in [0, 0.1) is 5.92 Å². The standard InChI is InChI=1S/C19H31N3O2/c1-15(2)21(3)14-11-20-19(24)22-12-9-17(10-13-22)18(23)16-7-5-4-6-8-16/h4-8,15,17-18,23H,9-14H2,1-3H3,(H,20,24). The van der Waals surface area contributed by atoms with Gasteiger partial charge in [-0.1, -0.05) is 30.3 Å². The third kappa shape index (κ3) is 5.21. The van der Waals surface area contributed by atoms with Crippen LogP contribution in [-0.2, 0) is 0 Å². The number of aliphatic hydroxyl groups excluding tert-OH is 1. The van der Waals surface area contributed by atoms with E-state index in [1.165, 1.54) is 0 Å². The molecular formula is C19H31N3O2. The van der Waals surface area contributed by atoms with E-state index in [-0.39, 0.29) is 11.9 Å². The number of likely N-dealkylation sites (tertiary alicyclic amines) is 1. The number of aliphatic hydroxyl groups is 1. The molecule has 0 aromatic heterocycles. The summed E-state index contributed by atoms with van der Waals surface area (Å²) in [6.45, 7) is 7.22. The zero-order valence-electron chi connectivity index (χ0n) is 15.1. The highest BCUT2D eigenvalue weighted by Crippen LogP contribution is 2.30. The van der Waals surface area contributed by atoms with Gasteiger partial charge in [0, 0.05) is 32.2 Å². The van der Waals surface area contributed by atoms with Crippen molar-refractivity contribution >= 4 is 6.03 Å². The van der Waals surface area contributed by atoms with Crippen LogP contribution in [0.3, 0.4) is 0 Å². The normalized spacial score (nSPS) is 17.3. The number of benzene rings is 1. The van der Waals surface area contributed by atoms with Crippen LogP contribution in [0.15, 0.2) is 30.3 Å². The molecule has 24 heavy (non-hydrogen) atoms. The molecule has 5 heteroatoms. The number of hydrogen-bond acceptors (Lipinski definition) is 3. The second-order valence-electron chi connectivity index (χ2n) is 6.99. The van der Waals surface area contributed by atoms with Gasteiger partial charge in [-0.15, -0.1) is 0 Å². The van der Waals surface area contributed by atoms with Crippen molar-refractivity contribution in [2.24, 2.45) is 5.92 Å². The lowest BCUT2D eigenvalue weighted by Crippen LogP contribution is -2.47. The number of rotatable bonds is 6. The van der Waals surface area contributed by atoms with Gasteiger partial charge in [0.05, 0.1) is 6.10 Å². The summed E-state index contributed by atoms with van der Waals surface area (Å²) in [6.07, 6.45) is 1.25. The Bertz CT molecular complexity index is 499. The van der Waals surface area contributed by atoms with Crippen molar-refractivity contribution in [1.82, 2.24) is 15.1 Å². The van der Waals surface area contributed by atoms with Gasteiger partial charge in [-0.3, -0.25) is 0 Å². The quantitative estimate of drug-likeness (QED) is 0.841. The Kier molecular flexibility index (Phi) is 7.06. The Hall–Kier alpha value is -1.59. The van der Waals surface area contributed by atoms with Crippen LogP contribution >= 0.6 is 0 Å². The molecule has 1 atom stereocenters. The lowest BCUT2D eigenvalue weighted by molar-refractivity contribution is 0.0664. The maximum Gasteiger partial charge on any atom is 0.317 e. The number of urea groups is 1. The third-order valence-corrected chi connectivity index (χ3v) is 5.04. The predicted molar refractivity (Wildman–Crippen MR) is 96.9 cm³/mol. The van der Waals surface area contributed by atoms with E-state index in [0.29, 0.717) is 25.7 Å². The lowest BCUT2D eigenvalue weighted by Gasteiger charge is -2.34. The maximum atomic E-state index is 12.2. The minimum Gasteiger partial charge on any atom is -0.388 e. The Morgan fingerprint density at radius 2 is 1.92 bits per heavy atom. The lowest BCUT2D eigenvalue weighted by atomic mass is 9.87. The van der Waals surface area contributed by atoms with E-state index in [2.05, 4.69) is 31.1 Å². The SMILES string of the molecule is CC(C)N(C)CCNC(=O)N1CCC(C(O)c2ccccc2)CC1.